The Hall–Kier alpha value is -1.67. The number of carbonyl (C=O) groups is 1. The zero-order chi connectivity index (χ0) is 37.1. The second kappa shape index (κ2) is 42.1. The van der Waals surface area contributed by atoms with E-state index in [2.05, 4.69) is 6.92 Å². The van der Waals surface area contributed by atoms with Gasteiger partial charge in [-0.25, -0.2) is 0 Å². The largest absolute Gasteiger partial charge is 0.463 e. The molecule has 11 nitrogen and oxygen atoms in total. The lowest BCUT2D eigenvalue weighted by Gasteiger charge is -2.09. The zero-order valence-corrected chi connectivity index (χ0v) is 32.7. The van der Waals surface area contributed by atoms with Gasteiger partial charge in [0.2, 0.25) is 0 Å². The predicted octanol–water partition coefficient (Wildman–Crippen LogP) is 7.36. The van der Waals surface area contributed by atoms with Crippen LogP contribution in [0.4, 0.5) is 0 Å². The monoisotopic (exact) mass is 743 g/mol. The Morgan fingerprint density at radius 2 is 0.692 bits per heavy atom. The molecule has 1 rings (SSSR count). The van der Waals surface area contributed by atoms with Gasteiger partial charge in [0.15, 0.2) is 0 Å². The van der Waals surface area contributed by atoms with Crippen molar-refractivity contribution in [1.29, 1.82) is 0 Å². The first-order valence-corrected chi connectivity index (χ1v) is 20.2. The number of ether oxygens (including phenoxy) is 10. The van der Waals surface area contributed by atoms with Crippen LogP contribution in [0, 0.1) is 0 Å². The fraction of sp³-hybridized carbons (Fsp3) is 0.829. The Morgan fingerprint density at radius 1 is 0.385 bits per heavy atom. The van der Waals surface area contributed by atoms with Crippen molar-refractivity contribution in [3.8, 4) is 0 Å². The summed E-state index contributed by atoms with van der Waals surface area (Å²) >= 11 is 0. The van der Waals surface area contributed by atoms with E-state index in [1.54, 1.807) is 0 Å². The van der Waals surface area contributed by atoms with Crippen molar-refractivity contribution in [2.75, 3.05) is 119 Å². The van der Waals surface area contributed by atoms with Gasteiger partial charge in [-0.2, -0.15) is 0 Å². The van der Waals surface area contributed by atoms with Crippen molar-refractivity contribution in [2.45, 2.75) is 103 Å². The molecule has 0 bridgehead atoms. The van der Waals surface area contributed by atoms with Crippen LogP contribution in [-0.2, 0) is 58.8 Å². The molecule has 0 aliphatic heterocycles. The number of esters is 1. The van der Waals surface area contributed by atoms with Crippen LogP contribution in [0.1, 0.15) is 102 Å². The van der Waals surface area contributed by atoms with Gasteiger partial charge in [-0.15, -0.1) is 0 Å². The minimum atomic E-state index is -0.130. The first-order valence-electron chi connectivity index (χ1n) is 20.2. The van der Waals surface area contributed by atoms with E-state index < -0.39 is 0 Å². The van der Waals surface area contributed by atoms with Gasteiger partial charge in [-0.3, -0.25) is 4.79 Å². The molecule has 304 valence electrons. The molecule has 11 heteroatoms. The fourth-order valence-corrected chi connectivity index (χ4v) is 5.10. The van der Waals surface area contributed by atoms with Gasteiger partial charge in [0.1, 0.15) is 6.61 Å². The van der Waals surface area contributed by atoms with Gasteiger partial charge in [-0.1, -0.05) is 114 Å². The number of unbranched alkanes of at least 4 members (excludes halogenated alkanes) is 12. The van der Waals surface area contributed by atoms with Gasteiger partial charge in [-0.05, 0) is 12.0 Å². The van der Waals surface area contributed by atoms with Crippen molar-refractivity contribution in [1.82, 2.24) is 0 Å². The van der Waals surface area contributed by atoms with Crippen molar-refractivity contribution in [2.24, 2.45) is 0 Å². The van der Waals surface area contributed by atoms with Crippen molar-refractivity contribution in [3.63, 3.8) is 0 Å². The highest BCUT2D eigenvalue weighted by Crippen LogP contribution is 2.13. The van der Waals surface area contributed by atoms with E-state index in [0.717, 1.165) is 18.4 Å². The first-order chi connectivity index (χ1) is 25.8. The highest BCUT2D eigenvalue weighted by atomic mass is 16.6. The SMILES string of the molecule is CCCCCCCCCCCCCCCC(=O)OCCOCCOCCOCCOCCOCCOCCOCCOCCOCc1ccccc1. The number of hydrogen-bond acceptors (Lipinski definition) is 11. The minimum absolute atomic E-state index is 0.130. The molecule has 0 amide bonds. The van der Waals surface area contributed by atoms with Gasteiger partial charge >= 0.3 is 5.97 Å². The van der Waals surface area contributed by atoms with Gasteiger partial charge < -0.3 is 47.4 Å². The van der Waals surface area contributed by atoms with Gasteiger partial charge in [0.25, 0.3) is 0 Å². The maximum Gasteiger partial charge on any atom is 0.305 e. The van der Waals surface area contributed by atoms with E-state index in [1.807, 2.05) is 30.3 Å². The average Bonchev–Trinajstić information content (AvgIpc) is 3.16. The van der Waals surface area contributed by atoms with E-state index in [-0.39, 0.29) is 5.97 Å². The van der Waals surface area contributed by atoms with Gasteiger partial charge in [0, 0.05) is 6.42 Å². The molecule has 0 heterocycles. The van der Waals surface area contributed by atoms with Crippen LogP contribution in [-0.4, -0.2) is 125 Å². The number of benzene rings is 1. The smallest absolute Gasteiger partial charge is 0.305 e. The molecule has 1 aromatic rings. The third-order valence-corrected chi connectivity index (χ3v) is 8.06. The van der Waals surface area contributed by atoms with Crippen LogP contribution >= 0.6 is 0 Å². The molecule has 0 spiro atoms. The summed E-state index contributed by atoms with van der Waals surface area (Å²) in [4.78, 5) is 11.9. The van der Waals surface area contributed by atoms with Crippen LogP contribution < -0.4 is 0 Å². The van der Waals surface area contributed by atoms with Crippen molar-refractivity contribution >= 4 is 5.97 Å². The summed E-state index contributed by atoms with van der Waals surface area (Å²) in [5.74, 6) is -0.130. The molecular formula is C41H74O11. The maximum atomic E-state index is 11.9. The molecule has 0 N–H and O–H groups in total. The fourth-order valence-electron chi connectivity index (χ4n) is 5.10. The summed E-state index contributed by atoms with van der Waals surface area (Å²) in [6, 6.07) is 10.1. The standard InChI is InChI=1S/C41H74O11/c1-2-3-4-5-6-7-8-9-10-11-12-13-17-20-41(42)52-38-37-50-34-33-48-30-29-46-26-25-44-22-21-43-23-24-45-27-28-47-31-32-49-35-36-51-39-40-18-15-14-16-19-40/h14-16,18-19H,2-13,17,20-39H2,1H3. The molecule has 1 aromatic carbocycles. The summed E-state index contributed by atoms with van der Waals surface area (Å²) in [5.41, 5.74) is 1.16. The lowest BCUT2D eigenvalue weighted by atomic mass is 10.0. The Morgan fingerprint density at radius 3 is 1.06 bits per heavy atom. The molecule has 0 aliphatic carbocycles. The van der Waals surface area contributed by atoms with Crippen LogP contribution in [0.15, 0.2) is 30.3 Å². The summed E-state index contributed by atoms with van der Waals surface area (Å²) in [5, 5.41) is 0. The zero-order valence-electron chi connectivity index (χ0n) is 32.7. The predicted molar refractivity (Wildman–Crippen MR) is 204 cm³/mol. The molecule has 0 fully saturated rings. The van der Waals surface area contributed by atoms with E-state index in [9.17, 15) is 4.79 Å². The van der Waals surface area contributed by atoms with Crippen LogP contribution in [0.5, 0.6) is 0 Å². The molecular weight excluding hydrogens is 668 g/mol. The normalized spacial score (nSPS) is 11.4. The second-order valence-corrected chi connectivity index (χ2v) is 12.7. The maximum absolute atomic E-state index is 11.9. The van der Waals surface area contributed by atoms with E-state index in [1.165, 1.54) is 70.6 Å². The topological polar surface area (TPSA) is 109 Å². The second-order valence-electron chi connectivity index (χ2n) is 12.7. The van der Waals surface area contributed by atoms with E-state index in [4.69, 9.17) is 47.4 Å². The molecule has 0 radical (unpaired) electrons. The number of carbonyl (C=O) groups excluding carboxylic acids is 1. The van der Waals surface area contributed by atoms with E-state index in [0.29, 0.717) is 132 Å². The molecule has 52 heavy (non-hydrogen) atoms. The lowest BCUT2D eigenvalue weighted by Crippen LogP contribution is -2.15. The Balaban J connectivity index is 1.64. The Bertz CT molecular complexity index is 830. The third kappa shape index (κ3) is 38.1. The molecule has 0 saturated carbocycles. The van der Waals surface area contributed by atoms with E-state index >= 15 is 0 Å². The molecule has 0 saturated heterocycles. The highest BCUT2D eigenvalue weighted by Gasteiger charge is 2.03. The van der Waals surface area contributed by atoms with Crippen LogP contribution in [0.3, 0.4) is 0 Å². The van der Waals surface area contributed by atoms with Crippen molar-refractivity contribution < 1.29 is 52.2 Å². The first kappa shape index (κ1) is 48.3. The highest BCUT2D eigenvalue weighted by molar-refractivity contribution is 5.69. The van der Waals surface area contributed by atoms with Crippen LogP contribution in [0.2, 0.25) is 0 Å². The minimum Gasteiger partial charge on any atom is -0.463 e. The molecule has 0 aliphatic rings. The number of rotatable bonds is 43. The molecule has 0 aromatic heterocycles. The average molecular weight is 743 g/mol. The summed E-state index contributed by atoms with van der Waals surface area (Å²) in [6.45, 7) is 11.7. The van der Waals surface area contributed by atoms with Crippen molar-refractivity contribution in [3.05, 3.63) is 35.9 Å². The third-order valence-electron chi connectivity index (χ3n) is 8.06. The van der Waals surface area contributed by atoms with Gasteiger partial charge in [0.05, 0.1) is 119 Å². The Kier molecular flexibility index (Phi) is 39.1. The summed E-state index contributed by atoms with van der Waals surface area (Å²) < 4.78 is 54.8. The molecule has 0 unspecified atom stereocenters. The Labute approximate surface area is 316 Å². The lowest BCUT2D eigenvalue weighted by molar-refractivity contribution is -0.145. The summed E-state index contributed by atoms with van der Waals surface area (Å²) in [7, 11) is 0. The van der Waals surface area contributed by atoms with Crippen LogP contribution in [0.25, 0.3) is 0 Å². The number of hydrogen-bond donors (Lipinski definition) is 0. The summed E-state index contributed by atoms with van der Waals surface area (Å²) in [6.07, 6.45) is 17.3. The quantitative estimate of drug-likeness (QED) is 0.0495. The molecule has 0 atom stereocenters.